The number of rotatable bonds is 4. The third-order valence-corrected chi connectivity index (χ3v) is 4.22. The second kappa shape index (κ2) is 5.80. The molecule has 1 atom stereocenters. The molecule has 0 amide bonds. The summed E-state index contributed by atoms with van der Waals surface area (Å²) in [5.74, 6) is 2.74. The summed E-state index contributed by atoms with van der Waals surface area (Å²) in [5, 5.41) is 12.7. The number of nitrogens with one attached hydrogen (secondary N) is 1. The second-order valence-corrected chi connectivity index (χ2v) is 5.32. The Labute approximate surface area is 113 Å². The zero-order valence-electron chi connectivity index (χ0n) is 11.1. The van der Waals surface area contributed by atoms with Crippen LogP contribution in [0.25, 0.3) is 0 Å². The molecule has 0 spiro atoms. The molecule has 104 valence electrons. The van der Waals surface area contributed by atoms with Gasteiger partial charge < -0.3 is 19.9 Å². The summed E-state index contributed by atoms with van der Waals surface area (Å²) in [6.07, 6.45) is 3.18. The summed E-state index contributed by atoms with van der Waals surface area (Å²) >= 11 is 0. The van der Waals surface area contributed by atoms with Gasteiger partial charge in [-0.2, -0.15) is 0 Å². The van der Waals surface area contributed by atoms with E-state index in [1.165, 1.54) is 18.4 Å². The fraction of sp³-hybridized carbons (Fsp3) is 0.600. The number of fused-ring (bicyclic) bond motifs is 1. The van der Waals surface area contributed by atoms with Crippen molar-refractivity contribution in [2.45, 2.75) is 25.2 Å². The first kappa shape index (κ1) is 12.8. The van der Waals surface area contributed by atoms with Crippen molar-refractivity contribution in [3.05, 3.63) is 23.8 Å². The van der Waals surface area contributed by atoms with E-state index < -0.39 is 0 Å². The molecule has 2 heterocycles. The first-order valence-electron chi connectivity index (χ1n) is 7.09. The van der Waals surface area contributed by atoms with Gasteiger partial charge in [0.05, 0.1) is 0 Å². The van der Waals surface area contributed by atoms with Crippen LogP contribution in [0.1, 0.15) is 30.7 Å². The highest BCUT2D eigenvalue weighted by Gasteiger charge is 2.26. The average molecular weight is 263 g/mol. The minimum Gasteiger partial charge on any atom is -0.454 e. The predicted molar refractivity (Wildman–Crippen MR) is 72.6 cm³/mol. The zero-order valence-corrected chi connectivity index (χ0v) is 11.1. The zero-order chi connectivity index (χ0) is 13.1. The van der Waals surface area contributed by atoms with E-state index in [-0.39, 0.29) is 6.61 Å². The Morgan fingerprint density at radius 2 is 2.00 bits per heavy atom. The number of ether oxygens (including phenoxy) is 2. The molecule has 1 saturated heterocycles. The lowest BCUT2D eigenvalue weighted by atomic mass is 9.78. The van der Waals surface area contributed by atoms with Gasteiger partial charge in [0.1, 0.15) is 0 Å². The predicted octanol–water partition coefficient (Wildman–Crippen LogP) is 1.88. The van der Waals surface area contributed by atoms with Crippen molar-refractivity contribution in [1.82, 2.24) is 5.32 Å². The third kappa shape index (κ3) is 2.69. The van der Waals surface area contributed by atoms with Gasteiger partial charge in [0.2, 0.25) is 6.79 Å². The number of benzene rings is 1. The lowest BCUT2D eigenvalue weighted by molar-refractivity contribution is 0.174. The maximum absolute atomic E-state index is 9.35. The van der Waals surface area contributed by atoms with E-state index in [0.717, 1.165) is 31.0 Å². The highest BCUT2D eigenvalue weighted by atomic mass is 16.7. The van der Waals surface area contributed by atoms with Crippen molar-refractivity contribution in [1.29, 1.82) is 0 Å². The minimum absolute atomic E-state index is 0.239. The Bertz CT molecular complexity index is 429. The first-order valence-corrected chi connectivity index (χ1v) is 7.09. The van der Waals surface area contributed by atoms with Crippen LogP contribution in [-0.4, -0.2) is 31.6 Å². The molecule has 2 aliphatic heterocycles. The molecule has 0 aliphatic carbocycles. The Morgan fingerprint density at radius 3 is 2.79 bits per heavy atom. The average Bonchev–Trinajstić information content (AvgIpc) is 2.93. The van der Waals surface area contributed by atoms with Crippen molar-refractivity contribution >= 4 is 0 Å². The molecular weight excluding hydrogens is 242 g/mol. The van der Waals surface area contributed by atoms with Gasteiger partial charge in [-0.1, -0.05) is 6.07 Å². The lowest BCUT2D eigenvalue weighted by Crippen LogP contribution is -2.31. The van der Waals surface area contributed by atoms with E-state index in [1.807, 2.05) is 6.07 Å². The summed E-state index contributed by atoms with van der Waals surface area (Å²) in [4.78, 5) is 0. The third-order valence-electron chi connectivity index (χ3n) is 4.22. The Hall–Kier alpha value is -1.26. The summed E-state index contributed by atoms with van der Waals surface area (Å²) in [5.41, 5.74) is 1.27. The normalized spacial score (nSPS) is 20.5. The van der Waals surface area contributed by atoms with Crippen molar-refractivity contribution in [2.75, 3.05) is 26.5 Å². The molecule has 4 heteroatoms. The van der Waals surface area contributed by atoms with Crippen molar-refractivity contribution in [3.63, 3.8) is 0 Å². The highest BCUT2D eigenvalue weighted by molar-refractivity contribution is 5.45. The molecule has 2 N–H and O–H groups in total. The molecular formula is C15H21NO3. The van der Waals surface area contributed by atoms with Gasteiger partial charge >= 0.3 is 0 Å². The quantitative estimate of drug-likeness (QED) is 0.871. The number of piperidine rings is 1. The molecule has 0 radical (unpaired) electrons. The van der Waals surface area contributed by atoms with Gasteiger partial charge in [-0.3, -0.25) is 0 Å². The number of hydrogen-bond acceptors (Lipinski definition) is 4. The molecule has 0 bridgehead atoms. The van der Waals surface area contributed by atoms with E-state index in [2.05, 4.69) is 17.4 Å². The Kier molecular flexibility index (Phi) is 3.89. The number of aliphatic hydroxyl groups is 1. The second-order valence-electron chi connectivity index (χ2n) is 5.32. The van der Waals surface area contributed by atoms with Crippen LogP contribution in [0.2, 0.25) is 0 Å². The summed E-state index contributed by atoms with van der Waals surface area (Å²) in [7, 11) is 0. The van der Waals surface area contributed by atoms with E-state index in [9.17, 15) is 5.11 Å². The van der Waals surface area contributed by atoms with E-state index in [0.29, 0.717) is 18.6 Å². The van der Waals surface area contributed by atoms with Crippen molar-refractivity contribution in [3.8, 4) is 11.5 Å². The molecule has 19 heavy (non-hydrogen) atoms. The topological polar surface area (TPSA) is 50.7 Å². The first-order chi connectivity index (χ1) is 9.38. The summed E-state index contributed by atoms with van der Waals surface area (Å²) in [6.45, 7) is 2.72. The molecule has 3 rings (SSSR count). The Balaban J connectivity index is 1.82. The molecule has 0 aromatic heterocycles. The van der Waals surface area contributed by atoms with Crippen LogP contribution in [0.4, 0.5) is 0 Å². The maximum Gasteiger partial charge on any atom is 0.231 e. The highest BCUT2D eigenvalue weighted by Crippen LogP contribution is 2.39. The van der Waals surface area contributed by atoms with Gasteiger partial charge in [0, 0.05) is 6.61 Å². The fourth-order valence-electron chi connectivity index (χ4n) is 3.20. The molecule has 2 aliphatic rings. The van der Waals surface area contributed by atoms with E-state index >= 15 is 0 Å². The smallest absolute Gasteiger partial charge is 0.231 e. The molecule has 0 saturated carbocycles. The van der Waals surface area contributed by atoms with Gasteiger partial charge in [-0.05, 0) is 61.9 Å². The van der Waals surface area contributed by atoms with Crippen molar-refractivity contribution in [2.24, 2.45) is 5.92 Å². The van der Waals surface area contributed by atoms with Gasteiger partial charge in [-0.15, -0.1) is 0 Å². The largest absolute Gasteiger partial charge is 0.454 e. The fourth-order valence-corrected chi connectivity index (χ4v) is 3.20. The van der Waals surface area contributed by atoms with Crippen LogP contribution in [0, 0.1) is 5.92 Å². The Morgan fingerprint density at radius 1 is 1.21 bits per heavy atom. The SMILES string of the molecule is OCCC(c1ccc2c(c1)OCO2)C1CCNCC1. The van der Waals surface area contributed by atoms with Gasteiger partial charge in [-0.25, -0.2) is 0 Å². The standard InChI is InChI=1S/C15H21NO3/c17-8-5-13(11-3-6-16-7-4-11)12-1-2-14-15(9-12)19-10-18-14/h1-2,9,11,13,16-17H,3-8,10H2. The van der Waals surface area contributed by atoms with Crippen molar-refractivity contribution < 1.29 is 14.6 Å². The number of hydrogen-bond donors (Lipinski definition) is 2. The van der Waals surface area contributed by atoms with Crippen LogP contribution in [-0.2, 0) is 0 Å². The monoisotopic (exact) mass is 263 g/mol. The van der Waals surface area contributed by atoms with Gasteiger partial charge in [0.25, 0.3) is 0 Å². The lowest BCUT2D eigenvalue weighted by Gasteiger charge is -2.31. The molecule has 1 unspecified atom stereocenters. The van der Waals surface area contributed by atoms with Crippen LogP contribution >= 0.6 is 0 Å². The van der Waals surface area contributed by atoms with Crippen LogP contribution in [0.15, 0.2) is 18.2 Å². The van der Waals surface area contributed by atoms with E-state index in [1.54, 1.807) is 0 Å². The minimum atomic E-state index is 0.239. The molecule has 1 fully saturated rings. The van der Waals surface area contributed by atoms with Crippen LogP contribution < -0.4 is 14.8 Å². The summed E-state index contributed by atoms with van der Waals surface area (Å²) in [6, 6.07) is 6.20. The van der Waals surface area contributed by atoms with Crippen LogP contribution in [0.3, 0.4) is 0 Å². The maximum atomic E-state index is 9.35. The van der Waals surface area contributed by atoms with E-state index in [4.69, 9.17) is 9.47 Å². The van der Waals surface area contributed by atoms with Crippen LogP contribution in [0.5, 0.6) is 11.5 Å². The molecule has 1 aromatic carbocycles. The molecule has 4 nitrogen and oxygen atoms in total. The van der Waals surface area contributed by atoms with Gasteiger partial charge in [0.15, 0.2) is 11.5 Å². The molecule has 1 aromatic rings. The summed E-state index contributed by atoms with van der Waals surface area (Å²) < 4.78 is 10.8. The number of aliphatic hydroxyl groups excluding tert-OH is 1.